The lowest BCUT2D eigenvalue weighted by atomic mass is 10.1. The molecule has 0 saturated heterocycles. The summed E-state index contributed by atoms with van der Waals surface area (Å²) in [4.78, 5) is 17.2. The standard InChI is InChI=1S/C25H27N5O2/c1-16(2)32-24(31)20-10-6-8-12-22(20)30-17(3)14-19(18(30)4)15-26-28-25-27-21-11-7-9-13-23(21)29(25)5/h6-16H,1-5H3,(H,27,28)/b26-15-. The predicted octanol–water partition coefficient (Wildman–Crippen LogP) is 4.99. The molecule has 7 heteroatoms. The molecule has 0 aliphatic rings. The van der Waals surface area contributed by atoms with Gasteiger partial charge in [0.15, 0.2) is 0 Å². The number of nitrogens with one attached hydrogen (secondary N) is 1. The van der Waals surface area contributed by atoms with Gasteiger partial charge in [0.1, 0.15) is 0 Å². The summed E-state index contributed by atoms with van der Waals surface area (Å²) in [5.74, 6) is 0.333. The predicted molar refractivity (Wildman–Crippen MR) is 128 cm³/mol. The van der Waals surface area contributed by atoms with Crippen LogP contribution in [0.5, 0.6) is 0 Å². The highest BCUT2D eigenvalue weighted by atomic mass is 16.5. The number of imidazole rings is 1. The first kappa shape index (κ1) is 21.4. The van der Waals surface area contributed by atoms with Crippen LogP contribution in [0.25, 0.3) is 16.7 Å². The van der Waals surface area contributed by atoms with Gasteiger partial charge in [-0.3, -0.25) is 0 Å². The molecule has 0 radical (unpaired) electrons. The van der Waals surface area contributed by atoms with Gasteiger partial charge in [-0.25, -0.2) is 15.2 Å². The summed E-state index contributed by atoms with van der Waals surface area (Å²) in [7, 11) is 1.95. The molecule has 2 aromatic heterocycles. The van der Waals surface area contributed by atoms with Crippen LogP contribution in [0.3, 0.4) is 0 Å². The minimum absolute atomic E-state index is 0.182. The third-order valence-electron chi connectivity index (χ3n) is 5.33. The van der Waals surface area contributed by atoms with Crippen molar-refractivity contribution < 1.29 is 9.53 Å². The van der Waals surface area contributed by atoms with Gasteiger partial charge in [0, 0.05) is 24.0 Å². The Morgan fingerprint density at radius 3 is 2.59 bits per heavy atom. The fourth-order valence-electron chi connectivity index (χ4n) is 3.81. The summed E-state index contributed by atoms with van der Waals surface area (Å²) < 4.78 is 9.45. The number of rotatable bonds is 6. The Bertz CT molecular complexity index is 1310. The maximum atomic E-state index is 12.6. The molecule has 0 fully saturated rings. The zero-order valence-electron chi connectivity index (χ0n) is 19.0. The van der Waals surface area contributed by atoms with Crippen LogP contribution < -0.4 is 5.43 Å². The summed E-state index contributed by atoms with van der Waals surface area (Å²) in [6.45, 7) is 7.71. The molecular formula is C25H27N5O2. The van der Waals surface area contributed by atoms with Crippen molar-refractivity contribution in [1.29, 1.82) is 0 Å². The van der Waals surface area contributed by atoms with E-state index in [4.69, 9.17) is 4.74 Å². The third kappa shape index (κ3) is 4.01. The molecule has 1 N–H and O–H groups in total. The normalized spacial score (nSPS) is 11.6. The van der Waals surface area contributed by atoms with Crippen molar-refractivity contribution in [1.82, 2.24) is 14.1 Å². The van der Waals surface area contributed by atoms with Crippen LogP contribution >= 0.6 is 0 Å². The van der Waals surface area contributed by atoms with Crippen molar-refractivity contribution >= 4 is 29.2 Å². The Morgan fingerprint density at radius 2 is 1.84 bits per heavy atom. The van der Waals surface area contributed by atoms with Gasteiger partial charge in [-0.1, -0.05) is 24.3 Å². The number of nitrogens with zero attached hydrogens (tertiary/aromatic N) is 4. The third-order valence-corrected chi connectivity index (χ3v) is 5.33. The molecule has 0 atom stereocenters. The highest BCUT2D eigenvalue weighted by molar-refractivity contribution is 5.94. The molecule has 164 valence electrons. The van der Waals surface area contributed by atoms with Gasteiger partial charge in [-0.15, -0.1) is 0 Å². The van der Waals surface area contributed by atoms with E-state index in [9.17, 15) is 4.79 Å². The Hall–Kier alpha value is -3.87. The number of hydrogen-bond donors (Lipinski definition) is 1. The lowest BCUT2D eigenvalue weighted by Gasteiger charge is -2.15. The van der Waals surface area contributed by atoms with Crippen molar-refractivity contribution in [2.24, 2.45) is 12.1 Å². The highest BCUT2D eigenvalue weighted by Gasteiger charge is 2.18. The molecule has 4 rings (SSSR count). The summed E-state index contributed by atoms with van der Waals surface area (Å²) in [6, 6.07) is 17.5. The fourth-order valence-corrected chi connectivity index (χ4v) is 3.81. The van der Waals surface area contributed by atoms with Gasteiger partial charge in [0.05, 0.1) is 34.6 Å². The summed E-state index contributed by atoms with van der Waals surface area (Å²) in [5, 5.41) is 4.41. The monoisotopic (exact) mass is 429 g/mol. The van der Waals surface area contributed by atoms with Crippen molar-refractivity contribution in [3.8, 4) is 5.69 Å². The second kappa shape index (κ2) is 8.70. The average molecular weight is 430 g/mol. The smallest absolute Gasteiger partial charge is 0.340 e. The summed E-state index contributed by atoms with van der Waals surface area (Å²) >= 11 is 0. The Labute approximate surface area is 187 Å². The molecule has 0 bridgehead atoms. The van der Waals surface area contributed by atoms with Crippen LogP contribution in [0.2, 0.25) is 0 Å². The number of esters is 1. The molecule has 0 amide bonds. The van der Waals surface area contributed by atoms with E-state index in [-0.39, 0.29) is 12.1 Å². The van der Waals surface area contributed by atoms with E-state index in [0.29, 0.717) is 11.5 Å². The van der Waals surface area contributed by atoms with E-state index in [1.807, 2.05) is 92.4 Å². The molecule has 32 heavy (non-hydrogen) atoms. The number of para-hydroxylation sites is 3. The summed E-state index contributed by atoms with van der Waals surface area (Å²) in [5.41, 5.74) is 9.22. The molecule has 0 aliphatic carbocycles. The Balaban J connectivity index is 1.63. The number of hydrazone groups is 1. The number of carbonyl (C=O) groups is 1. The van der Waals surface area contributed by atoms with Crippen LogP contribution in [0.4, 0.5) is 5.95 Å². The number of anilines is 1. The van der Waals surface area contributed by atoms with Crippen LogP contribution in [-0.2, 0) is 11.8 Å². The zero-order valence-corrected chi connectivity index (χ0v) is 19.0. The molecule has 0 spiro atoms. The maximum absolute atomic E-state index is 12.6. The minimum atomic E-state index is -0.332. The van der Waals surface area contributed by atoms with E-state index >= 15 is 0 Å². The van der Waals surface area contributed by atoms with Crippen LogP contribution in [0.15, 0.2) is 59.7 Å². The van der Waals surface area contributed by atoms with Crippen molar-refractivity contribution in [3.05, 3.63) is 77.1 Å². The zero-order chi connectivity index (χ0) is 22.8. The second-order valence-corrected chi connectivity index (χ2v) is 7.99. The first-order chi connectivity index (χ1) is 15.4. The van der Waals surface area contributed by atoms with E-state index in [0.717, 1.165) is 33.7 Å². The van der Waals surface area contributed by atoms with Gasteiger partial charge in [-0.05, 0) is 58.0 Å². The quantitative estimate of drug-likeness (QED) is 0.266. The topological polar surface area (TPSA) is 73.4 Å². The molecule has 2 aromatic carbocycles. The van der Waals surface area contributed by atoms with Gasteiger partial charge >= 0.3 is 5.97 Å². The molecule has 0 unspecified atom stereocenters. The molecule has 4 aromatic rings. The minimum Gasteiger partial charge on any atom is -0.459 e. The fraction of sp³-hybridized carbons (Fsp3) is 0.240. The highest BCUT2D eigenvalue weighted by Crippen LogP contribution is 2.24. The molecule has 0 aliphatic heterocycles. The molecule has 7 nitrogen and oxygen atoms in total. The number of aromatic nitrogens is 3. The number of hydrogen-bond acceptors (Lipinski definition) is 5. The van der Waals surface area contributed by atoms with E-state index in [1.54, 1.807) is 12.3 Å². The Morgan fingerprint density at radius 1 is 1.12 bits per heavy atom. The number of aryl methyl sites for hydroxylation is 2. The SMILES string of the molecule is Cc1cc(/C=N\Nc2nc3ccccc3n2C)c(C)n1-c1ccccc1C(=O)OC(C)C. The van der Waals surface area contributed by atoms with E-state index in [1.165, 1.54) is 0 Å². The van der Waals surface area contributed by atoms with Gasteiger partial charge < -0.3 is 13.9 Å². The molecular weight excluding hydrogens is 402 g/mol. The number of fused-ring (bicyclic) bond motifs is 1. The first-order valence-corrected chi connectivity index (χ1v) is 10.6. The Kier molecular flexibility index (Phi) is 5.81. The number of ether oxygens (including phenoxy) is 1. The lowest BCUT2D eigenvalue weighted by Crippen LogP contribution is -2.15. The van der Waals surface area contributed by atoms with Crippen LogP contribution in [-0.4, -0.2) is 32.4 Å². The largest absolute Gasteiger partial charge is 0.459 e. The van der Waals surface area contributed by atoms with Crippen molar-refractivity contribution in [2.75, 3.05) is 5.43 Å². The van der Waals surface area contributed by atoms with Gasteiger partial charge in [0.25, 0.3) is 0 Å². The van der Waals surface area contributed by atoms with E-state index in [2.05, 4.69) is 15.5 Å². The number of benzene rings is 2. The first-order valence-electron chi connectivity index (χ1n) is 10.6. The molecule has 0 saturated carbocycles. The van der Waals surface area contributed by atoms with Crippen LogP contribution in [0.1, 0.15) is 41.2 Å². The summed E-state index contributed by atoms with van der Waals surface area (Å²) in [6.07, 6.45) is 1.59. The average Bonchev–Trinajstić information content (AvgIpc) is 3.23. The van der Waals surface area contributed by atoms with E-state index < -0.39 is 0 Å². The molecule has 2 heterocycles. The lowest BCUT2D eigenvalue weighted by molar-refractivity contribution is 0.0378. The maximum Gasteiger partial charge on any atom is 0.340 e. The van der Waals surface area contributed by atoms with Crippen molar-refractivity contribution in [2.45, 2.75) is 33.8 Å². The number of carbonyl (C=O) groups excluding carboxylic acids is 1. The van der Waals surface area contributed by atoms with Crippen molar-refractivity contribution in [3.63, 3.8) is 0 Å². The van der Waals surface area contributed by atoms with Gasteiger partial charge in [0.2, 0.25) is 5.95 Å². The van der Waals surface area contributed by atoms with Gasteiger partial charge in [-0.2, -0.15) is 5.10 Å². The van der Waals surface area contributed by atoms with Crippen LogP contribution in [0, 0.1) is 13.8 Å². The second-order valence-electron chi connectivity index (χ2n) is 7.99.